The van der Waals surface area contributed by atoms with Gasteiger partial charge in [-0.2, -0.15) is 26.5 Å². The Morgan fingerprint density at radius 3 is 2.72 bits per heavy atom. The first-order valence-corrected chi connectivity index (χ1v) is 6.80. The lowest BCUT2D eigenvalue weighted by Crippen LogP contribution is -2.63. The minimum atomic E-state index is -1.48. The highest BCUT2D eigenvalue weighted by molar-refractivity contribution is 7.98. The third kappa shape index (κ3) is 2.73. The van der Waals surface area contributed by atoms with Gasteiger partial charge < -0.3 is 9.84 Å². The Hall–Kier alpha value is -0.930. The van der Waals surface area contributed by atoms with Crippen molar-refractivity contribution in [1.82, 2.24) is 0 Å². The highest BCUT2D eigenvalue weighted by Crippen LogP contribution is 2.47. The largest absolute Gasteiger partial charge is 0.366 e. The minimum Gasteiger partial charge on any atom is -0.366 e. The maximum atomic E-state index is 10.9. The number of aliphatic hydroxyl groups excluding tert-OH is 1. The summed E-state index contributed by atoms with van der Waals surface area (Å²) < 4.78 is 5.10. The van der Waals surface area contributed by atoms with Gasteiger partial charge in [0, 0.05) is 18.1 Å². The van der Waals surface area contributed by atoms with Gasteiger partial charge in [-0.3, -0.25) is 0 Å². The van der Waals surface area contributed by atoms with Crippen LogP contribution in [0.5, 0.6) is 0 Å². The molecule has 0 aromatic heterocycles. The molecule has 1 rings (SSSR count). The lowest BCUT2D eigenvalue weighted by Gasteiger charge is -2.47. The molecule has 1 aliphatic carbocycles. The second-order valence-corrected chi connectivity index (χ2v) is 5.08. The topological polar surface area (TPSA) is 118 Å². The molecule has 0 aromatic carbocycles. The van der Waals surface area contributed by atoms with Gasteiger partial charge in [-0.1, -0.05) is 15.5 Å². The number of ether oxygens (including phenoxy) is 1. The number of nitrogens with zero attached hydrogens (tertiary/aromatic N) is 3. The number of thioether (sulfide) groups is 1. The van der Waals surface area contributed by atoms with Crippen LogP contribution in [0.1, 0.15) is 6.42 Å². The van der Waals surface area contributed by atoms with Crippen LogP contribution in [-0.2, 0) is 4.74 Å². The van der Waals surface area contributed by atoms with Crippen molar-refractivity contribution in [2.24, 2.45) is 21.4 Å². The van der Waals surface area contributed by atoms with Crippen LogP contribution in [0.3, 0.4) is 0 Å². The van der Waals surface area contributed by atoms with Gasteiger partial charge in [-0.05, 0) is 6.26 Å². The summed E-state index contributed by atoms with van der Waals surface area (Å²) in [6.45, 7) is -0.0366. The summed E-state index contributed by atoms with van der Waals surface area (Å²) in [4.78, 5) is 31.7. The van der Waals surface area contributed by atoms with Crippen molar-refractivity contribution in [1.29, 1.82) is 0 Å². The fourth-order valence-electron chi connectivity index (χ4n) is 2.09. The van der Waals surface area contributed by atoms with E-state index in [-0.39, 0.29) is 19.6 Å². The summed E-state index contributed by atoms with van der Waals surface area (Å²) in [5, 5.41) is 18.2. The summed E-state index contributed by atoms with van der Waals surface area (Å²) in [5.74, 6) is -0.132. The molecule has 9 heteroatoms. The third-order valence-corrected chi connectivity index (χ3v) is 3.78. The molecule has 18 heavy (non-hydrogen) atoms. The maximum absolute atomic E-state index is 10.9. The Morgan fingerprint density at radius 1 is 1.50 bits per heavy atom. The first-order chi connectivity index (χ1) is 8.66. The monoisotopic (exact) mass is 277 g/mol. The van der Waals surface area contributed by atoms with Gasteiger partial charge in [0.1, 0.15) is 6.04 Å². The van der Waals surface area contributed by atoms with E-state index in [0.717, 1.165) is 0 Å². The van der Waals surface area contributed by atoms with Crippen molar-refractivity contribution in [3.05, 3.63) is 14.7 Å². The Bertz CT molecular complexity index is 319. The maximum Gasteiger partial charge on any atom is 0.184 e. The first kappa shape index (κ1) is 15.1. The van der Waals surface area contributed by atoms with E-state index in [2.05, 4.69) is 15.5 Å². The number of aliphatic hydroxyl groups is 1. The van der Waals surface area contributed by atoms with Gasteiger partial charge in [0.25, 0.3) is 0 Å². The lowest BCUT2D eigenvalue weighted by atomic mass is 9.63. The molecule has 4 atom stereocenters. The zero-order valence-corrected chi connectivity index (χ0v) is 10.7. The van der Waals surface area contributed by atoms with Crippen LogP contribution in [0, 0.1) is 20.6 Å². The molecule has 0 saturated heterocycles. The van der Waals surface area contributed by atoms with Crippen LogP contribution in [0.25, 0.3) is 0 Å². The Labute approximate surface area is 108 Å². The Balaban J connectivity index is 2.69. The predicted molar refractivity (Wildman–Crippen MR) is 67.2 cm³/mol. The second kappa shape index (κ2) is 6.86. The molecule has 1 saturated carbocycles. The highest BCUT2D eigenvalue weighted by Gasteiger charge is 2.62. The summed E-state index contributed by atoms with van der Waals surface area (Å²) >= 11 is 1.52. The van der Waals surface area contributed by atoms with Crippen molar-refractivity contribution < 1.29 is 9.84 Å². The second-order valence-electron chi connectivity index (χ2n) is 4.09. The molecule has 0 radical (unpaired) electrons. The molecular weight excluding hydrogens is 262 g/mol. The van der Waals surface area contributed by atoms with Gasteiger partial charge in [0.15, 0.2) is 11.8 Å². The van der Waals surface area contributed by atoms with Crippen molar-refractivity contribution >= 4 is 11.8 Å². The Kier molecular flexibility index (Phi) is 5.76. The molecule has 8 nitrogen and oxygen atoms in total. The van der Waals surface area contributed by atoms with Gasteiger partial charge in [-0.25, -0.2) is 0 Å². The van der Waals surface area contributed by atoms with E-state index in [4.69, 9.17) is 4.74 Å². The number of hydrogen-bond donors (Lipinski definition) is 1. The number of nitroso groups, excluding NO2 is 3. The normalized spacial score (nSPS) is 32.3. The molecule has 4 unspecified atom stereocenters. The molecule has 102 valence electrons. The molecule has 1 aliphatic rings. The predicted octanol–water partition coefficient (Wildman–Crippen LogP) is 1.11. The van der Waals surface area contributed by atoms with Crippen LogP contribution < -0.4 is 0 Å². The molecule has 0 aromatic rings. The van der Waals surface area contributed by atoms with Crippen molar-refractivity contribution in [2.45, 2.75) is 24.3 Å². The Morgan fingerprint density at radius 2 is 2.22 bits per heavy atom. The molecule has 0 bridgehead atoms. The van der Waals surface area contributed by atoms with Crippen LogP contribution in [0.15, 0.2) is 15.5 Å². The van der Waals surface area contributed by atoms with E-state index in [1.807, 2.05) is 6.26 Å². The fraction of sp³-hybridized carbons (Fsp3) is 1.00. The van der Waals surface area contributed by atoms with Gasteiger partial charge in [-0.15, -0.1) is 0 Å². The van der Waals surface area contributed by atoms with Gasteiger partial charge >= 0.3 is 0 Å². The van der Waals surface area contributed by atoms with Crippen LogP contribution in [-0.4, -0.2) is 48.1 Å². The fourth-order valence-corrected chi connectivity index (χ4v) is 2.36. The molecule has 0 aliphatic heterocycles. The number of rotatable bonds is 9. The average Bonchev–Trinajstić information content (AvgIpc) is 2.36. The van der Waals surface area contributed by atoms with E-state index in [9.17, 15) is 19.8 Å². The van der Waals surface area contributed by atoms with E-state index in [0.29, 0.717) is 5.75 Å². The summed E-state index contributed by atoms with van der Waals surface area (Å²) in [5.41, 5.74) is -1.48. The highest BCUT2D eigenvalue weighted by atomic mass is 32.2. The average molecular weight is 277 g/mol. The molecule has 0 heterocycles. The third-order valence-electron chi connectivity index (χ3n) is 3.21. The summed E-state index contributed by atoms with van der Waals surface area (Å²) in [6.07, 6.45) is 0.422. The quantitative estimate of drug-likeness (QED) is 0.383. The van der Waals surface area contributed by atoms with Crippen molar-refractivity contribution in [2.75, 3.05) is 25.2 Å². The van der Waals surface area contributed by atoms with E-state index in [1.54, 1.807) is 0 Å². The van der Waals surface area contributed by atoms with E-state index in [1.165, 1.54) is 11.8 Å². The molecule has 0 amide bonds. The van der Waals surface area contributed by atoms with Crippen molar-refractivity contribution in [3.63, 3.8) is 0 Å². The first-order valence-electron chi connectivity index (χ1n) is 5.41. The summed E-state index contributed by atoms with van der Waals surface area (Å²) in [7, 11) is 0. The molecule has 1 N–H and O–H groups in total. The zero-order chi connectivity index (χ0) is 13.6. The van der Waals surface area contributed by atoms with Crippen LogP contribution >= 0.6 is 11.8 Å². The summed E-state index contributed by atoms with van der Waals surface area (Å²) in [6, 6.07) is -0.723. The molecule has 1 fully saturated rings. The minimum absolute atomic E-state index is 0.0133. The molecular formula is C9H15N3O5S. The lowest BCUT2D eigenvalue weighted by molar-refractivity contribution is -0.180. The number of hydrogen-bond acceptors (Lipinski definition) is 9. The smallest absolute Gasteiger partial charge is 0.184 e. The van der Waals surface area contributed by atoms with Crippen molar-refractivity contribution in [3.8, 4) is 0 Å². The van der Waals surface area contributed by atoms with Crippen LogP contribution in [0.2, 0.25) is 0 Å². The van der Waals surface area contributed by atoms with Gasteiger partial charge in [0.05, 0.1) is 13.2 Å². The van der Waals surface area contributed by atoms with E-state index >= 15 is 0 Å². The standard InChI is InChI=1S/C9H15N3O5S/c1-18-3-2-17-8(13)9(12-16)4-7(11-15)6(9)5-10-14/h6-8,13H,2-5H2,1H3. The van der Waals surface area contributed by atoms with Crippen LogP contribution in [0.4, 0.5) is 0 Å². The molecule has 0 spiro atoms. The zero-order valence-electron chi connectivity index (χ0n) is 9.89. The van der Waals surface area contributed by atoms with E-state index < -0.39 is 23.8 Å². The SMILES string of the molecule is CSCCOC(O)C1(N=O)CC(N=O)C1CN=O. The van der Waals surface area contributed by atoms with Gasteiger partial charge in [0.2, 0.25) is 0 Å².